The van der Waals surface area contributed by atoms with Crippen molar-refractivity contribution in [3.8, 4) is 5.69 Å². The van der Waals surface area contributed by atoms with E-state index in [-0.39, 0.29) is 11.6 Å². The third-order valence-electron chi connectivity index (χ3n) is 3.59. The number of aromatic nitrogens is 2. The normalized spacial score (nSPS) is 12.9. The standard InChI is InChI=1S/C15H16N4O3S/c1-2-3-14(20)16-15-12-8-23-9-13(12)17-18(15)10-4-6-11(7-5-10)19(21)22/h4-7H,2-3,8-9H2,1H3,(H,16,20). The van der Waals surface area contributed by atoms with E-state index in [1.54, 1.807) is 28.6 Å². The first-order chi connectivity index (χ1) is 11.1. The summed E-state index contributed by atoms with van der Waals surface area (Å²) in [5, 5.41) is 18.3. The van der Waals surface area contributed by atoms with Crippen LogP contribution in [0, 0.1) is 10.1 Å². The lowest BCUT2D eigenvalue weighted by Crippen LogP contribution is -2.15. The van der Waals surface area contributed by atoms with Gasteiger partial charge < -0.3 is 5.32 Å². The van der Waals surface area contributed by atoms with Crippen LogP contribution in [0.25, 0.3) is 5.69 Å². The minimum absolute atomic E-state index is 0.0283. The van der Waals surface area contributed by atoms with E-state index >= 15 is 0 Å². The Morgan fingerprint density at radius 2 is 2.13 bits per heavy atom. The zero-order valence-corrected chi connectivity index (χ0v) is 13.4. The van der Waals surface area contributed by atoms with Gasteiger partial charge in [0.05, 0.1) is 16.3 Å². The van der Waals surface area contributed by atoms with Crippen molar-refractivity contribution in [2.45, 2.75) is 31.3 Å². The summed E-state index contributed by atoms with van der Waals surface area (Å²) in [5.41, 5.74) is 2.72. The monoisotopic (exact) mass is 332 g/mol. The molecule has 0 spiro atoms. The lowest BCUT2D eigenvalue weighted by Gasteiger charge is -2.10. The number of non-ortho nitro benzene ring substituents is 1. The van der Waals surface area contributed by atoms with Crippen molar-refractivity contribution in [1.29, 1.82) is 0 Å². The van der Waals surface area contributed by atoms with Gasteiger partial charge in [-0.2, -0.15) is 16.9 Å². The molecule has 0 radical (unpaired) electrons. The van der Waals surface area contributed by atoms with Gasteiger partial charge in [0, 0.05) is 35.6 Å². The SMILES string of the molecule is CCCC(=O)Nc1c2c(nn1-c1ccc([N+](=O)[O-])cc1)CSC2. The summed E-state index contributed by atoms with van der Waals surface area (Å²) in [5.74, 6) is 2.25. The van der Waals surface area contributed by atoms with Crippen molar-refractivity contribution in [2.75, 3.05) is 5.32 Å². The first-order valence-electron chi connectivity index (χ1n) is 7.33. The quantitative estimate of drug-likeness (QED) is 0.670. The van der Waals surface area contributed by atoms with Gasteiger partial charge in [-0.3, -0.25) is 14.9 Å². The largest absolute Gasteiger partial charge is 0.310 e. The van der Waals surface area contributed by atoms with E-state index in [0.29, 0.717) is 17.9 Å². The van der Waals surface area contributed by atoms with Crippen molar-refractivity contribution in [2.24, 2.45) is 0 Å². The Balaban J connectivity index is 1.98. The smallest absolute Gasteiger partial charge is 0.269 e. The molecular formula is C15H16N4O3S. The summed E-state index contributed by atoms with van der Waals surface area (Å²) in [6.07, 6.45) is 1.22. The minimum Gasteiger partial charge on any atom is -0.310 e. The van der Waals surface area contributed by atoms with Gasteiger partial charge in [0.25, 0.3) is 5.69 Å². The number of amides is 1. The van der Waals surface area contributed by atoms with Gasteiger partial charge in [-0.15, -0.1) is 0 Å². The molecule has 1 N–H and O–H groups in total. The summed E-state index contributed by atoms with van der Waals surface area (Å²) in [7, 11) is 0. The molecule has 3 rings (SSSR count). The number of fused-ring (bicyclic) bond motifs is 1. The molecule has 8 heteroatoms. The molecule has 1 amide bonds. The molecule has 1 aliphatic rings. The number of carbonyl (C=O) groups is 1. The maximum atomic E-state index is 12.0. The Morgan fingerprint density at radius 3 is 2.78 bits per heavy atom. The zero-order valence-electron chi connectivity index (χ0n) is 12.6. The molecule has 2 heterocycles. The summed E-state index contributed by atoms with van der Waals surface area (Å²) in [4.78, 5) is 22.3. The van der Waals surface area contributed by atoms with Crippen LogP contribution in [-0.4, -0.2) is 20.6 Å². The fourth-order valence-corrected chi connectivity index (χ4v) is 3.50. The Hall–Kier alpha value is -2.35. The molecule has 1 aromatic heterocycles. The van der Waals surface area contributed by atoms with Crippen molar-refractivity contribution < 1.29 is 9.72 Å². The first kappa shape index (κ1) is 15.5. The third-order valence-corrected chi connectivity index (χ3v) is 4.56. The van der Waals surface area contributed by atoms with E-state index in [0.717, 1.165) is 29.2 Å². The van der Waals surface area contributed by atoms with Gasteiger partial charge in [0.2, 0.25) is 5.91 Å². The topological polar surface area (TPSA) is 90.1 Å². The van der Waals surface area contributed by atoms with Crippen molar-refractivity contribution in [3.63, 3.8) is 0 Å². The third kappa shape index (κ3) is 3.07. The Morgan fingerprint density at radius 1 is 1.39 bits per heavy atom. The number of benzene rings is 1. The fraction of sp³-hybridized carbons (Fsp3) is 0.333. The van der Waals surface area contributed by atoms with Crippen LogP contribution in [0.4, 0.5) is 11.5 Å². The molecule has 120 valence electrons. The van der Waals surface area contributed by atoms with E-state index < -0.39 is 4.92 Å². The molecule has 23 heavy (non-hydrogen) atoms. The molecule has 0 unspecified atom stereocenters. The molecule has 0 saturated heterocycles. The number of thioether (sulfide) groups is 1. The van der Waals surface area contributed by atoms with Crippen LogP contribution in [0.1, 0.15) is 31.0 Å². The highest BCUT2D eigenvalue weighted by atomic mass is 32.2. The predicted octanol–water partition coefficient (Wildman–Crippen LogP) is 3.27. The Bertz CT molecular complexity index is 755. The second-order valence-electron chi connectivity index (χ2n) is 5.25. The van der Waals surface area contributed by atoms with Crippen LogP contribution in [-0.2, 0) is 16.3 Å². The number of nitro benzene ring substituents is 1. The van der Waals surface area contributed by atoms with Gasteiger partial charge in [0.15, 0.2) is 0 Å². The fourth-order valence-electron chi connectivity index (χ4n) is 2.47. The van der Waals surface area contributed by atoms with Crippen molar-refractivity contribution in [3.05, 3.63) is 45.6 Å². The van der Waals surface area contributed by atoms with Crippen LogP contribution in [0.5, 0.6) is 0 Å². The molecule has 7 nitrogen and oxygen atoms in total. The van der Waals surface area contributed by atoms with E-state index in [9.17, 15) is 14.9 Å². The van der Waals surface area contributed by atoms with E-state index in [4.69, 9.17) is 0 Å². The second-order valence-corrected chi connectivity index (χ2v) is 6.24. The Labute approximate surface area is 137 Å². The number of hydrogen-bond acceptors (Lipinski definition) is 5. The Kier molecular flexibility index (Phi) is 4.33. The lowest BCUT2D eigenvalue weighted by atomic mass is 10.2. The average molecular weight is 332 g/mol. The van der Waals surface area contributed by atoms with Gasteiger partial charge in [-0.1, -0.05) is 6.92 Å². The lowest BCUT2D eigenvalue weighted by molar-refractivity contribution is -0.384. The van der Waals surface area contributed by atoms with Crippen LogP contribution in [0.3, 0.4) is 0 Å². The number of hydrogen-bond donors (Lipinski definition) is 1. The van der Waals surface area contributed by atoms with Crippen LogP contribution in [0.2, 0.25) is 0 Å². The van der Waals surface area contributed by atoms with Crippen molar-refractivity contribution >= 4 is 29.2 Å². The molecule has 0 atom stereocenters. The molecule has 1 aliphatic heterocycles. The number of nitrogens with one attached hydrogen (secondary N) is 1. The molecule has 0 fully saturated rings. The summed E-state index contributed by atoms with van der Waals surface area (Å²) < 4.78 is 1.67. The maximum absolute atomic E-state index is 12.0. The number of nitro groups is 1. The molecule has 2 aromatic rings. The van der Waals surface area contributed by atoms with Crippen molar-refractivity contribution in [1.82, 2.24) is 9.78 Å². The number of rotatable bonds is 5. The van der Waals surface area contributed by atoms with Gasteiger partial charge >= 0.3 is 0 Å². The van der Waals surface area contributed by atoms with Crippen LogP contribution >= 0.6 is 11.8 Å². The van der Waals surface area contributed by atoms with Gasteiger partial charge in [-0.25, -0.2) is 4.68 Å². The molecular weight excluding hydrogens is 316 g/mol. The first-order valence-corrected chi connectivity index (χ1v) is 8.48. The number of anilines is 1. The van der Waals surface area contributed by atoms with E-state index in [2.05, 4.69) is 10.4 Å². The molecule has 0 bridgehead atoms. The second kappa shape index (κ2) is 6.41. The van der Waals surface area contributed by atoms with E-state index in [1.165, 1.54) is 12.1 Å². The van der Waals surface area contributed by atoms with Crippen LogP contribution < -0.4 is 5.32 Å². The summed E-state index contributed by atoms with van der Waals surface area (Å²) in [6, 6.07) is 6.16. The van der Waals surface area contributed by atoms with Crippen LogP contribution in [0.15, 0.2) is 24.3 Å². The summed E-state index contributed by atoms with van der Waals surface area (Å²) >= 11 is 1.76. The number of nitrogens with zero attached hydrogens (tertiary/aromatic N) is 3. The zero-order chi connectivity index (χ0) is 16.4. The van der Waals surface area contributed by atoms with Gasteiger partial charge in [-0.05, 0) is 18.6 Å². The maximum Gasteiger partial charge on any atom is 0.269 e. The molecule has 1 aromatic carbocycles. The minimum atomic E-state index is -0.437. The molecule has 0 aliphatic carbocycles. The predicted molar refractivity (Wildman–Crippen MR) is 88.8 cm³/mol. The number of carbonyl (C=O) groups excluding carboxylic acids is 1. The highest BCUT2D eigenvalue weighted by molar-refractivity contribution is 7.98. The van der Waals surface area contributed by atoms with Gasteiger partial charge in [0.1, 0.15) is 5.82 Å². The highest BCUT2D eigenvalue weighted by Crippen LogP contribution is 2.36. The highest BCUT2D eigenvalue weighted by Gasteiger charge is 2.24. The molecule has 0 saturated carbocycles. The average Bonchev–Trinajstić information content (AvgIpc) is 3.10. The van der Waals surface area contributed by atoms with E-state index in [1.807, 2.05) is 6.92 Å². The summed E-state index contributed by atoms with van der Waals surface area (Å²) in [6.45, 7) is 1.95.